The fourth-order valence-corrected chi connectivity index (χ4v) is 7.25. The number of phenolic OH excluding ortho intramolecular Hbond substituents is 2. The average molecular weight is 676 g/mol. The van der Waals surface area contributed by atoms with Crippen molar-refractivity contribution in [1.29, 1.82) is 0 Å². The fraction of sp³-hybridized carbons (Fsp3) is 0.179. The van der Waals surface area contributed by atoms with Crippen molar-refractivity contribution in [3.8, 4) is 40.9 Å². The number of carbonyl (C=O) groups is 2. The van der Waals surface area contributed by atoms with Crippen LogP contribution in [0.5, 0.6) is 17.2 Å². The van der Waals surface area contributed by atoms with Gasteiger partial charge in [-0.2, -0.15) is 0 Å². The highest BCUT2D eigenvalue weighted by Crippen LogP contribution is 2.46. The number of nitrogens with zero attached hydrogens (tertiary/aromatic N) is 2. The van der Waals surface area contributed by atoms with E-state index in [2.05, 4.69) is 23.7 Å². The minimum atomic E-state index is -0.435. The summed E-state index contributed by atoms with van der Waals surface area (Å²) in [6.45, 7) is 0.705. The quantitative estimate of drug-likeness (QED) is 0.161. The molecular formula is C39H28Cl2N2O5. The fourth-order valence-electron chi connectivity index (χ4n) is 6.74. The second-order valence-corrected chi connectivity index (χ2v) is 12.3. The maximum absolute atomic E-state index is 13.4. The van der Waals surface area contributed by atoms with Crippen molar-refractivity contribution in [2.45, 2.75) is 11.8 Å². The highest BCUT2D eigenvalue weighted by atomic mass is 35.5. The van der Waals surface area contributed by atoms with Crippen molar-refractivity contribution in [3.05, 3.63) is 101 Å². The Kier molecular flexibility index (Phi) is 8.27. The maximum atomic E-state index is 13.4. The molecule has 0 spiro atoms. The predicted molar refractivity (Wildman–Crippen MR) is 190 cm³/mol. The van der Waals surface area contributed by atoms with E-state index in [0.717, 1.165) is 21.9 Å². The Labute approximate surface area is 287 Å². The van der Waals surface area contributed by atoms with E-state index < -0.39 is 11.8 Å². The standard InChI is InChI=1S/C39H28Cl2N2O5/c1-48-35-16-23(11-14-36(46)42-21-25(19-40)38-29-8-4-2-6-27(29)33(44)17-31(38)42)10-12-24(35)13-15-37(47)43-22-26(20-41)39-30-9-5-3-7-28(30)34(45)18-32(39)43/h2-10,12,16-18,25-26,44-45H,19-22H2,1H3/t25?,26-/m1/s1. The van der Waals surface area contributed by atoms with Gasteiger partial charge in [0.25, 0.3) is 0 Å². The van der Waals surface area contributed by atoms with E-state index in [0.29, 0.717) is 63.9 Å². The van der Waals surface area contributed by atoms with E-state index in [1.54, 1.807) is 40.1 Å². The van der Waals surface area contributed by atoms with E-state index in [1.807, 2.05) is 48.5 Å². The van der Waals surface area contributed by atoms with Crippen molar-refractivity contribution < 1.29 is 24.5 Å². The van der Waals surface area contributed by atoms with Crippen LogP contribution in [0, 0.1) is 23.7 Å². The molecule has 0 radical (unpaired) electrons. The summed E-state index contributed by atoms with van der Waals surface area (Å²) in [5, 5.41) is 24.5. The molecule has 2 aliphatic heterocycles. The van der Waals surface area contributed by atoms with Gasteiger partial charge in [0.1, 0.15) is 17.2 Å². The Balaban J connectivity index is 1.13. The molecule has 0 aliphatic carbocycles. The van der Waals surface area contributed by atoms with Gasteiger partial charge in [0, 0.05) is 77.0 Å². The van der Waals surface area contributed by atoms with Crippen LogP contribution in [0.4, 0.5) is 11.4 Å². The summed E-state index contributed by atoms with van der Waals surface area (Å²) in [5.41, 5.74) is 4.04. The lowest BCUT2D eigenvalue weighted by Gasteiger charge is -2.15. The van der Waals surface area contributed by atoms with Gasteiger partial charge in [-0.05, 0) is 40.1 Å². The van der Waals surface area contributed by atoms with E-state index in [1.165, 1.54) is 7.11 Å². The van der Waals surface area contributed by atoms with Crippen LogP contribution in [0.1, 0.15) is 34.1 Å². The number of anilines is 2. The number of fused-ring (bicyclic) bond motifs is 6. The van der Waals surface area contributed by atoms with Gasteiger partial charge >= 0.3 is 11.8 Å². The van der Waals surface area contributed by atoms with Crippen LogP contribution in [0.15, 0.2) is 78.9 Å². The monoisotopic (exact) mass is 674 g/mol. The molecule has 2 aliphatic rings. The molecule has 0 saturated heterocycles. The SMILES string of the molecule is COc1cc(C#CC(=O)N2CC(CCl)c3c2cc(O)c2ccccc32)ccc1C#CC(=O)N1C[C@@H](CCl)c2c1cc(O)c1ccccc21. The predicted octanol–water partition coefficient (Wildman–Crippen LogP) is 6.85. The molecule has 2 N–H and O–H groups in total. The topological polar surface area (TPSA) is 90.3 Å². The number of halogens is 2. The molecule has 2 atom stereocenters. The van der Waals surface area contributed by atoms with Gasteiger partial charge in [0.15, 0.2) is 0 Å². The molecule has 1 unspecified atom stereocenters. The summed E-state index contributed by atoms with van der Waals surface area (Å²) in [4.78, 5) is 29.8. The summed E-state index contributed by atoms with van der Waals surface area (Å²) in [6.07, 6.45) is 0. The largest absolute Gasteiger partial charge is 0.507 e. The van der Waals surface area contributed by atoms with Crippen LogP contribution in [0.2, 0.25) is 0 Å². The van der Waals surface area contributed by atoms with Gasteiger partial charge in [-0.3, -0.25) is 9.59 Å². The van der Waals surface area contributed by atoms with Crippen molar-refractivity contribution in [3.63, 3.8) is 0 Å². The number of ether oxygens (including phenoxy) is 1. The summed E-state index contributed by atoms with van der Waals surface area (Å²) in [5.74, 6) is 11.4. The molecule has 2 amide bonds. The first-order chi connectivity index (χ1) is 23.3. The van der Waals surface area contributed by atoms with Crippen molar-refractivity contribution in [2.75, 3.05) is 41.8 Å². The van der Waals surface area contributed by atoms with Gasteiger partial charge in [0.2, 0.25) is 0 Å². The molecule has 0 fully saturated rings. The van der Waals surface area contributed by atoms with Gasteiger partial charge in [-0.1, -0.05) is 60.4 Å². The minimum Gasteiger partial charge on any atom is -0.507 e. The highest BCUT2D eigenvalue weighted by molar-refractivity contribution is 6.20. The number of phenols is 2. The minimum absolute atomic E-state index is 0.0848. The van der Waals surface area contributed by atoms with Crippen LogP contribution in [0.25, 0.3) is 21.5 Å². The Morgan fingerprint density at radius 1 is 0.729 bits per heavy atom. The second kappa shape index (κ2) is 12.7. The lowest BCUT2D eigenvalue weighted by molar-refractivity contribution is -0.114. The summed E-state index contributed by atoms with van der Waals surface area (Å²) in [6, 6.07) is 23.3. The number of alkyl halides is 2. The molecule has 9 heteroatoms. The van der Waals surface area contributed by atoms with E-state index in [-0.39, 0.29) is 23.3 Å². The molecule has 5 aromatic carbocycles. The third-order valence-corrected chi connectivity index (χ3v) is 9.72. The third-order valence-electron chi connectivity index (χ3n) is 8.97. The third kappa shape index (κ3) is 5.32. The zero-order valence-corrected chi connectivity index (χ0v) is 27.3. The molecule has 0 aromatic heterocycles. The lowest BCUT2D eigenvalue weighted by atomic mass is 9.95. The number of hydrogen-bond acceptors (Lipinski definition) is 5. The van der Waals surface area contributed by atoms with Crippen molar-refractivity contribution >= 4 is 67.9 Å². The first-order valence-corrected chi connectivity index (χ1v) is 16.4. The average Bonchev–Trinajstić information content (AvgIpc) is 3.68. The Bertz CT molecular complexity index is 2280. The lowest BCUT2D eigenvalue weighted by Crippen LogP contribution is -2.28. The van der Waals surface area contributed by atoms with E-state index in [9.17, 15) is 19.8 Å². The Hall–Kier alpha value is -5.34. The summed E-state index contributed by atoms with van der Waals surface area (Å²) in [7, 11) is 1.49. The highest BCUT2D eigenvalue weighted by Gasteiger charge is 2.35. The van der Waals surface area contributed by atoms with Crippen molar-refractivity contribution in [1.82, 2.24) is 0 Å². The van der Waals surface area contributed by atoms with Crippen LogP contribution in [-0.2, 0) is 9.59 Å². The molecule has 0 saturated carbocycles. The molecular weight excluding hydrogens is 647 g/mol. The Morgan fingerprint density at radius 3 is 1.69 bits per heavy atom. The number of benzene rings is 5. The molecule has 7 rings (SSSR count). The smallest absolute Gasteiger partial charge is 0.303 e. The second-order valence-electron chi connectivity index (χ2n) is 11.7. The molecule has 238 valence electrons. The number of carbonyl (C=O) groups excluding carboxylic acids is 2. The Morgan fingerprint density at radius 2 is 1.21 bits per heavy atom. The number of methoxy groups -OCH3 is 1. The number of amides is 2. The molecule has 5 aromatic rings. The van der Waals surface area contributed by atoms with Gasteiger partial charge < -0.3 is 24.7 Å². The summed E-state index contributed by atoms with van der Waals surface area (Å²) >= 11 is 12.6. The normalized spacial score (nSPS) is 16.1. The van der Waals surface area contributed by atoms with Crippen molar-refractivity contribution in [2.24, 2.45) is 0 Å². The van der Waals surface area contributed by atoms with Gasteiger partial charge in [-0.25, -0.2) is 0 Å². The molecule has 0 bridgehead atoms. The van der Waals surface area contributed by atoms with E-state index in [4.69, 9.17) is 27.9 Å². The zero-order chi connectivity index (χ0) is 33.5. The van der Waals surface area contributed by atoms with Crippen LogP contribution >= 0.6 is 23.2 Å². The maximum Gasteiger partial charge on any atom is 0.303 e. The first kappa shape index (κ1) is 31.3. The number of rotatable bonds is 3. The molecule has 2 heterocycles. The van der Waals surface area contributed by atoms with Crippen LogP contribution in [0.3, 0.4) is 0 Å². The van der Waals surface area contributed by atoms with Crippen LogP contribution < -0.4 is 14.5 Å². The van der Waals surface area contributed by atoms with Gasteiger partial charge in [-0.15, -0.1) is 23.2 Å². The van der Waals surface area contributed by atoms with E-state index >= 15 is 0 Å². The number of hydrogen-bond donors (Lipinski definition) is 2. The molecule has 48 heavy (non-hydrogen) atoms. The van der Waals surface area contributed by atoms with Gasteiger partial charge in [0.05, 0.1) is 24.0 Å². The van der Waals surface area contributed by atoms with Crippen LogP contribution in [-0.4, -0.2) is 54.0 Å². The number of aromatic hydroxyl groups is 2. The first-order valence-electron chi connectivity index (χ1n) is 15.3. The summed E-state index contributed by atoms with van der Waals surface area (Å²) < 4.78 is 5.55. The molecule has 7 nitrogen and oxygen atoms in total. The zero-order valence-electron chi connectivity index (χ0n) is 25.8.